The fourth-order valence-electron chi connectivity index (χ4n) is 5.71. The molecule has 0 radical (unpaired) electrons. The number of rotatable bonds is 11. The largest absolute Gasteiger partial charge is 0.354 e. The summed E-state index contributed by atoms with van der Waals surface area (Å²) in [5.41, 5.74) is 2.18. The highest BCUT2D eigenvalue weighted by Gasteiger charge is 2.30. The molecule has 1 aromatic carbocycles. The van der Waals surface area contributed by atoms with E-state index in [0.29, 0.717) is 31.2 Å². The normalized spacial score (nSPS) is 18.6. The lowest BCUT2D eigenvalue weighted by molar-refractivity contribution is -0.130. The van der Waals surface area contributed by atoms with Crippen molar-refractivity contribution in [1.29, 1.82) is 0 Å². The van der Waals surface area contributed by atoms with E-state index in [9.17, 15) is 14.4 Å². The number of carbonyl (C=O) groups is 3. The van der Waals surface area contributed by atoms with Gasteiger partial charge in [0.25, 0.3) is 0 Å². The van der Waals surface area contributed by atoms with Crippen LogP contribution in [0.4, 0.5) is 0 Å². The molecule has 2 aliphatic rings. The number of piperidine rings is 1. The molecule has 1 aliphatic heterocycles. The first kappa shape index (κ1) is 29.5. The maximum absolute atomic E-state index is 13.7. The molecule has 2 heterocycles. The number of amides is 3. The van der Waals surface area contributed by atoms with Gasteiger partial charge >= 0.3 is 0 Å². The summed E-state index contributed by atoms with van der Waals surface area (Å²) >= 11 is 1.58. The van der Waals surface area contributed by atoms with E-state index in [2.05, 4.69) is 47.2 Å². The Hall–Kier alpha value is -2.52. The lowest BCUT2D eigenvalue weighted by Crippen LogP contribution is -2.55. The Morgan fingerprint density at radius 2 is 1.79 bits per heavy atom. The summed E-state index contributed by atoms with van der Waals surface area (Å²) in [6.45, 7) is 8.28. The van der Waals surface area contributed by atoms with Crippen LogP contribution in [-0.2, 0) is 20.8 Å². The van der Waals surface area contributed by atoms with Crippen LogP contribution in [0.3, 0.4) is 0 Å². The third-order valence-corrected chi connectivity index (χ3v) is 9.27. The lowest BCUT2D eigenvalue weighted by atomic mass is 9.83. The van der Waals surface area contributed by atoms with E-state index in [4.69, 9.17) is 4.98 Å². The number of thiazole rings is 1. The first-order valence-electron chi connectivity index (χ1n) is 14.8. The SMILES string of the molecule is CCC(=O)NC(Cc1nc2ccc(C(C)C)cc2s1)C(=O)NC(CNC(=O)C1CCNCC1)C1CCCCC1. The Balaban J connectivity index is 1.47. The minimum atomic E-state index is -0.714. The Labute approximate surface area is 236 Å². The van der Waals surface area contributed by atoms with E-state index in [1.54, 1.807) is 18.3 Å². The van der Waals surface area contributed by atoms with Crippen molar-refractivity contribution < 1.29 is 14.4 Å². The number of hydrogen-bond acceptors (Lipinski definition) is 6. The maximum atomic E-state index is 13.7. The first-order chi connectivity index (χ1) is 18.8. The number of nitrogens with zero attached hydrogens (tertiary/aromatic N) is 1. The third-order valence-electron chi connectivity index (χ3n) is 8.23. The van der Waals surface area contributed by atoms with E-state index in [0.717, 1.165) is 66.8 Å². The Morgan fingerprint density at radius 3 is 2.49 bits per heavy atom. The fourth-order valence-corrected chi connectivity index (χ4v) is 6.77. The van der Waals surface area contributed by atoms with Crippen molar-refractivity contribution in [1.82, 2.24) is 26.3 Å². The maximum Gasteiger partial charge on any atom is 0.243 e. The fraction of sp³-hybridized carbons (Fsp3) is 0.667. The van der Waals surface area contributed by atoms with E-state index >= 15 is 0 Å². The Bertz CT molecular complexity index is 1120. The summed E-state index contributed by atoms with van der Waals surface area (Å²) in [7, 11) is 0. The zero-order valence-corrected chi connectivity index (χ0v) is 24.5. The monoisotopic (exact) mass is 555 g/mol. The minimum absolute atomic E-state index is 0.0285. The van der Waals surface area contributed by atoms with E-state index in [1.807, 2.05) is 6.07 Å². The van der Waals surface area contributed by atoms with Crippen LogP contribution in [0.15, 0.2) is 18.2 Å². The van der Waals surface area contributed by atoms with E-state index in [1.165, 1.54) is 12.0 Å². The van der Waals surface area contributed by atoms with Crippen molar-refractivity contribution >= 4 is 39.3 Å². The second-order valence-corrected chi connectivity index (χ2v) is 12.6. The highest BCUT2D eigenvalue weighted by molar-refractivity contribution is 7.18. The summed E-state index contributed by atoms with van der Waals surface area (Å²) in [5.74, 6) is 0.487. The van der Waals surface area contributed by atoms with Crippen LogP contribution in [0.5, 0.6) is 0 Å². The summed E-state index contributed by atoms with van der Waals surface area (Å²) in [4.78, 5) is 43.7. The van der Waals surface area contributed by atoms with Crippen LogP contribution in [-0.4, -0.2) is 54.4 Å². The van der Waals surface area contributed by atoms with Gasteiger partial charge in [-0.1, -0.05) is 46.1 Å². The van der Waals surface area contributed by atoms with Gasteiger partial charge in [-0.05, 0) is 68.3 Å². The van der Waals surface area contributed by atoms with Gasteiger partial charge in [-0.15, -0.1) is 11.3 Å². The van der Waals surface area contributed by atoms with Crippen LogP contribution in [0.1, 0.15) is 88.6 Å². The minimum Gasteiger partial charge on any atom is -0.354 e. The van der Waals surface area contributed by atoms with Crippen molar-refractivity contribution in [3.05, 3.63) is 28.8 Å². The molecular weight excluding hydrogens is 510 g/mol. The predicted octanol–water partition coefficient (Wildman–Crippen LogP) is 4.04. The van der Waals surface area contributed by atoms with Crippen LogP contribution < -0.4 is 21.3 Å². The van der Waals surface area contributed by atoms with Crippen LogP contribution in [0.25, 0.3) is 10.2 Å². The molecule has 1 aromatic heterocycles. The molecule has 2 unspecified atom stereocenters. The Kier molecular flexibility index (Phi) is 10.7. The van der Waals surface area contributed by atoms with Gasteiger partial charge < -0.3 is 21.3 Å². The number of carbonyl (C=O) groups excluding carboxylic acids is 3. The molecule has 214 valence electrons. The van der Waals surface area contributed by atoms with E-state index in [-0.39, 0.29) is 29.7 Å². The number of hydrogen-bond donors (Lipinski definition) is 4. The zero-order valence-electron chi connectivity index (χ0n) is 23.7. The van der Waals surface area contributed by atoms with Gasteiger partial charge in [0.05, 0.1) is 15.2 Å². The number of fused-ring (bicyclic) bond motifs is 1. The Morgan fingerprint density at radius 1 is 1.05 bits per heavy atom. The second-order valence-electron chi connectivity index (χ2n) is 11.4. The molecular formula is C30H45N5O3S. The van der Waals surface area contributed by atoms with Gasteiger partial charge in [-0.25, -0.2) is 4.98 Å². The molecule has 1 aliphatic carbocycles. The topological polar surface area (TPSA) is 112 Å². The molecule has 4 rings (SSSR count). The summed E-state index contributed by atoms with van der Waals surface area (Å²) < 4.78 is 1.10. The molecule has 1 saturated heterocycles. The first-order valence-corrected chi connectivity index (χ1v) is 15.6. The molecule has 39 heavy (non-hydrogen) atoms. The van der Waals surface area contributed by atoms with Gasteiger partial charge in [-0.3, -0.25) is 14.4 Å². The van der Waals surface area contributed by atoms with Crippen LogP contribution in [0, 0.1) is 11.8 Å². The molecule has 3 amide bonds. The van der Waals surface area contributed by atoms with Gasteiger partial charge in [0.1, 0.15) is 6.04 Å². The van der Waals surface area contributed by atoms with E-state index < -0.39 is 6.04 Å². The van der Waals surface area contributed by atoms with Crippen molar-refractivity contribution in [3.63, 3.8) is 0 Å². The zero-order chi connectivity index (χ0) is 27.8. The number of aromatic nitrogens is 1. The molecule has 8 nitrogen and oxygen atoms in total. The van der Waals surface area contributed by atoms with Gasteiger partial charge in [-0.2, -0.15) is 0 Å². The molecule has 9 heteroatoms. The van der Waals surface area contributed by atoms with Gasteiger partial charge in [0.2, 0.25) is 17.7 Å². The molecule has 0 bridgehead atoms. The molecule has 2 aromatic rings. The quantitative estimate of drug-likeness (QED) is 0.334. The second kappa shape index (κ2) is 14.2. The van der Waals surface area contributed by atoms with Gasteiger partial charge in [0.15, 0.2) is 0 Å². The lowest BCUT2D eigenvalue weighted by Gasteiger charge is -2.33. The highest BCUT2D eigenvalue weighted by atomic mass is 32.1. The smallest absolute Gasteiger partial charge is 0.243 e. The average molecular weight is 556 g/mol. The predicted molar refractivity (Wildman–Crippen MR) is 157 cm³/mol. The highest BCUT2D eigenvalue weighted by Crippen LogP contribution is 2.28. The van der Waals surface area contributed by atoms with Crippen LogP contribution >= 0.6 is 11.3 Å². The summed E-state index contributed by atoms with van der Waals surface area (Å²) in [6, 6.07) is 5.44. The molecule has 2 fully saturated rings. The number of nitrogens with one attached hydrogen (secondary N) is 4. The molecule has 1 saturated carbocycles. The summed E-state index contributed by atoms with van der Waals surface area (Å²) in [5, 5.41) is 13.5. The van der Waals surface area contributed by atoms with Crippen molar-refractivity contribution in [2.75, 3.05) is 19.6 Å². The average Bonchev–Trinajstić information content (AvgIpc) is 3.37. The van der Waals surface area contributed by atoms with Crippen molar-refractivity contribution in [2.24, 2.45) is 11.8 Å². The number of benzene rings is 1. The molecule has 2 atom stereocenters. The third kappa shape index (κ3) is 8.24. The standard InChI is InChI=1S/C30H45N5O3S/c1-4-27(36)33-24(17-28-34-23-11-10-22(19(2)3)16-26(23)39-28)30(38)35-25(20-8-6-5-7-9-20)18-32-29(37)21-12-14-31-15-13-21/h10-11,16,19-21,24-25,31H,4-9,12-15,17-18H2,1-3H3,(H,32,37)(H,33,36)(H,35,38). The summed E-state index contributed by atoms with van der Waals surface area (Å²) in [6.07, 6.45) is 7.90. The molecule has 0 spiro atoms. The van der Waals surface area contributed by atoms with Gasteiger partial charge in [0, 0.05) is 31.3 Å². The van der Waals surface area contributed by atoms with Crippen molar-refractivity contribution in [3.8, 4) is 0 Å². The van der Waals surface area contributed by atoms with Crippen LogP contribution in [0.2, 0.25) is 0 Å². The molecule has 4 N–H and O–H groups in total. The van der Waals surface area contributed by atoms with Crippen molar-refractivity contribution in [2.45, 2.75) is 96.6 Å².